The molecule has 1 fully saturated rings. The van der Waals surface area contributed by atoms with Crippen molar-refractivity contribution in [1.29, 1.82) is 0 Å². The van der Waals surface area contributed by atoms with Gasteiger partial charge in [0, 0.05) is 38.7 Å². The van der Waals surface area contributed by atoms with Gasteiger partial charge in [-0.05, 0) is 25.5 Å². The zero-order valence-corrected chi connectivity index (χ0v) is 13.7. The summed E-state index contributed by atoms with van der Waals surface area (Å²) in [5, 5.41) is 2.53. The lowest BCUT2D eigenvalue weighted by molar-refractivity contribution is -0.134. The third kappa shape index (κ3) is 5.03. The largest absolute Gasteiger partial charge is 0.347 e. The second-order valence-corrected chi connectivity index (χ2v) is 6.04. The summed E-state index contributed by atoms with van der Waals surface area (Å²) in [6, 6.07) is 6.89. The average Bonchev–Trinajstić information content (AvgIpc) is 2.54. The third-order valence-electron chi connectivity index (χ3n) is 4.26. The van der Waals surface area contributed by atoms with E-state index in [0.717, 1.165) is 25.9 Å². The maximum Gasteiger partial charge on any atom is 0.242 e. The van der Waals surface area contributed by atoms with Gasteiger partial charge in [0.2, 0.25) is 11.8 Å². The number of carbonyl (C=O) groups is 2. The molecule has 1 aromatic carbocycles. The molecule has 1 unspecified atom stereocenters. The molecule has 1 atom stereocenters. The number of amides is 2. The molecule has 1 aromatic rings. The van der Waals surface area contributed by atoms with Crippen molar-refractivity contribution in [1.82, 2.24) is 15.1 Å². The molecule has 0 aromatic heterocycles. The third-order valence-corrected chi connectivity index (χ3v) is 4.26. The molecule has 0 bridgehead atoms. The molecule has 126 valence electrons. The smallest absolute Gasteiger partial charge is 0.242 e. The molecule has 1 heterocycles. The van der Waals surface area contributed by atoms with E-state index in [-0.39, 0.29) is 30.2 Å². The van der Waals surface area contributed by atoms with Gasteiger partial charge in [-0.3, -0.25) is 14.5 Å². The highest BCUT2D eigenvalue weighted by molar-refractivity contribution is 5.83. The lowest BCUT2D eigenvalue weighted by Crippen LogP contribution is -2.50. The van der Waals surface area contributed by atoms with Gasteiger partial charge in [-0.2, -0.15) is 0 Å². The van der Waals surface area contributed by atoms with Crippen LogP contribution in [0.4, 0.5) is 4.39 Å². The fourth-order valence-corrected chi connectivity index (χ4v) is 2.89. The average molecular weight is 321 g/mol. The van der Waals surface area contributed by atoms with Gasteiger partial charge in [0.15, 0.2) is 0 Å². The van der Waals surface area contributed by atoms with Crippen LogP contribution in [0, 0.1) is 5.82 Å². The summed E-state index contributed by atoms with van der Waals surface area (Å²) >= 11 is 0. The lowest BCUT2D eigenvalue weighted by Gasteiger charge is -2.37. The summed E-state index contributed by atoms with van der Waals surface area (Å²) in [5.41, 5.74) is 0.681. The Morgan fingerprint density at radius 1 is 1.39 bits per heavy atom. The molecule has 1 aliphatic rings. The Bertz CT molecular complexity index is 565. The predicted molar refractivity (Wildman–Crippen MR) is 86.2 cm³/mol. The molecule has 2 amide bonds. The van der Waals surface area contributed by atoms with Crippen LogP contribution in [-0.2, 0) is 16.1 Å². The molecular weight excluding hydrogens is 297 g/mol. The molecule has 0 radical (unpaired) electrons. The normalized spacial score (nSPS) is 18.5. The van der Waals surface area contributed by atoms with Crippen LogP contribution >= 0.6 is 0 Å². The highest BCUT2D eigenvalue weighted by Crippen LogP contribution is 2.18. The summed E-state index contributed by atoms with van der Waals surface area (Å²) in [7, 11) is 1.77. The van der Waals surface area contributed by atoms with Crippen molar-refractivity contribution in [3.8, 4) is 0 Å². The summed E-state index contributed by atoms with van der Waals surface area (Å²) < 4.78 is 13.8. The molecule has 5 nitrogen and oxygen atoms in total. The number of benzene rings is 1. The van der Waals surface area contributed by atoms with E-state index in [4.69, 9.17) is 0 Å². The molecule has 1 saturated heterocycles. The second kappa shape index (κ2) is 8.06. The van der Waals surface area contributed by atoms with Gasteiger partial charge in [0.1, 0.15) is 5.82 Å². The van der Waals surface area contributed by atoms with Crippen molar-refractivity contribution in [2.24, 2.45) is 0 Å². The first-order valence-electron chi connectivity index (χ1n) is 7.93. The Labute approximate surface area is 136 Å². The minimum atomic E-state index is -0.212. The Hall–Kier alpha value is -1.95. The van der Waals surface area contributed by atoms with Gasteiger partial charge < -0.3 is 10.2 Å². The van der Waals surface area contributed by atoms with Crippen LogP contribution in [0.3, 0.4) is 0 Å². The van der Waals surface area contributed by atoms with Crippen LogP contribution in [-0.4, -0.2) is 54.3 Å². The Morgan fingerprint density at radius 3 is 2.83 bits per heavy atom. The van der Waals surface area contributed by atoms with Crippen molar-refractivity contribution < 1.29 is 14.0 Å². The number of halogens is 1. The van der Waals surface area contributed by atoms with Crippen molar-refractivity contribution in [2.75, 3.05) is 26.7 Å². The molecule has 6 heteroatoms. The first-order valence-corrected chi connectivity index (χ1v) is 7.93. The van der Waals surface area contributed by atoms with Gasteiger partial charge in [0.05, 0.1) is 6.54 Å². The molecular formula is C17H24FN3O2. The minimum absolute atomic E-state index is 0.0235. The van der Waals surface area contributed by atoms with Crippen LogP contribution in [0.5, 0.6) is 0 Å². The van der Waals surface area contributed by atoms with Gasteiger partial charge in [-0.1, -0.05) is 18.2 Å². The van der Waals surface area contributed by atoms with Gasteiger partial charge in [-0.25, -0.2) is 4.39 Å². The molecule has 1 N–H and O–H groups in total. The van der Waals surface area contributed by atoms with Crippen molar-refractivity contribution in [3.63, 3.8) is 0 Å². The number of likely N-dealkylation sites (tertiary alicyclic amines) is 1. The van der Waals surface area contributed by atoms with E-state index < -0.39 is 0 Å². The molecule has 0 saturated carbocycles. The number of rotatable bonds is 5. The zero-order chi connectivity index (χ0) is 16.8. The van der Waals surface area contributed by atoms with E-state index in [1.807, 2.05) is 6.07 Å². The predicted octanol–water partition coefficient (Wildman–Crippen LogP) is 1.38. The van der Waals surface area contributed by atoms with Crippen molar-refractivity contribution in [3.05, 3.63) is 35.6 Å². The number of carbonyl (C=O) groups excluding carboxylic acids is 2. The van der Waals surface area contributed by atoms with E-state index in [1.165, 1.54) is 13.0 Å². The van der Waals surface area contributed by atoms with Crippen molar-refractivity contribution >= 4 is 11.8 Å². The van der Waals surface area contributed by atoms with E-state index in [1.54, 1.807) is 24.1 Å². The van der Waals surface area contributed by atoms with Crippen LogP contribution in [0.1, 0.15) is 25.3 Å². The summed E-state index contributed by atoms with van der Waals surface area (Å²) in [5.74, 6) is -0.501. The molecule has 23 heavy (non-hydrogen) atoms. The highest BCUT2D eigenvalue weighted by Gasteiger charge is 2.26. The van der Waals surface area contributed by atoms with Crippen LogP contribution < -0.4 is 5.32 Å². The summed E-state index contributed by atoms with van der Waals surface area (Å²) in [6.45, 7) is 3.59. The maximum atomic E-state index is 13.8. The number of likely N-dealkylation sites (N-methyl/N-ethyl adjacent to an activating group) is 1. The minimum Gasteiger partial charge on any atom is -0.347 e. The number of nitrogens with one attached hydrogen (secondary N) is 1. The van der Waals surface area contributed by atoms with E-state index >= 15 is 0 Å². The van der Waals surface area contributed by atoms with Gasteiger partial charge >= 0.3 is 0 Å². The Kier molecular flexibility index (Phi) is 6.10. The summed E-state index contributed by atoms with van der Waals surface area (Å²) in [4.78, 5) is 26.9. The first-order chi connectivity index (χ1) is 11.0. The van der Waals surface area contributed by atoms with E-state index in [2.05, 4.69) is 10.2 Å². The van der Waals surface area contributed by atoms with E-state index in [9.17, 15) is 14.0 Å². The van der Waals surface area contributed by atoms with E-state index in [0.29, 0.717) is 12.1 Å². The fraction of sp³-hybridized carbons (Fsp3) is 0.529. The maximum absolute atomic E-state index is 13.8. The molecule has 0 spiro atoms. The standard InChI is InChI=1S/C17H24FN3O2/c1-13(22)19-10-17(23)20(2)15-7-5-9-21(12-15)11-14-6-3-4-8-16(14)18/h3-4,6,8,15H,5,7,9-12H2,1-2H3,(H,19,22). The molecule has 2 rings (SSSR count). The fourth-order valence-electron chi connectivity index (χ4n) is 2.89. The number of hydrogen-bond acceptors (Lipinski definition) is 3. The van der Waals surface area contributed by atoms with Crippen molar-refractivity contribution in [2.45, 2.75) is 32.4 Å². The van der Waals surface area contributed by atoms with Gasteiger partial charge in [-0.15, -0.1) is 0 Å². The number of nitrogens with zero attached hydrogens (tertiary/aromatic N) is 2. The zero-order valence-electron chi connectivity index (χ0n) is 13.7. The van der Waals surface area contributed by atoms with Crippen LogP contribution in [0.25, 0.3) is 0 Å². The van der Waals surface area contributed by atoms with Gasteiger partial charge in [0.25, 0.3) is 0 Å². The molecule has 1 aliphatic heterocycles. The quantitative estimate of drug-likeness (QED) is 0.891. The van der Waals surface area contributed by atoms with Crippen LogP contribution in [0.15, 0.2) is 24.3 Å². The number of hydrogen-bond donors (Lipinski definition) is 1. The monoisotopic (exact) mass is 321 g/mol. The molecule has 0 aliphatic carbocycles. The highest BCUT2D eigenvalue weighted by atomic mass is 19.1. The topological polar surface area (TPSA) is 52.7 Å². The second-order valence-electron chi connectivity index (χ2n) is 6.04. The SMILES string of the molecule is CC(=O)NCC(=O)N(C)C1CCCN(Cc2ccccc2F)C1. The number of piperidine rings is 1. The Morgan fingerprint density at radius 2 is 2.13 bits per heavy atom. The Balaban J connectivity index is 1.91. The first kappa shape index (κ1) is 17.4. The lowest BCUT2D eigenvalue weighted by atomic mass is 10.0. The summed E-state index contributed by atoms with van der Waals surface area (Å²) in [6.07, 6.45) is 1.90. The van der Waals surface area contributed by atoms with Crippen LogP contribution in [0.2, 0.25) is 0 Å².